The van der Waals surface area contributed by atoms with Crippen LogP contribution >= 0.6 is 15.9 Å². The second-order valence-corrected chi connectivity index (χ2v) is 6.57. The Morgan fingerprint density at radius 3 is 2.71 bits per heavy atom. The Labute approximate surface area is 108 Å². The molecule has 3 aliphatic rings. The van der Waals surface area contributed by atoms with E-state index in [0.717, 1.165) is 0 Å². The van der Waals surface area contributed by atoms with Crippen molar-refractivity contribution in [2.24, 2.45) is 11.8 Å². The Balaban J connectivity index is 1.88. The van der Waals surface area contributed by atoms with E-state index in [1.165, 1.54) is 7.11 Å². The number of allylic oxidation sites excluding steroid dienone is 1. The van der Waals surface area contributed by atoms with E-state index >= 15 is 0 Å². The van der Waals surface area contributed by atoms with Gasteiger partial charge in [0.25, 0.3) is 0 Å². The summed E-state index contributed by atoms with van der Waals surface area (Å²) in [6.45, 7) is 3.79. The molecule has 1 heterocycles. The molecule has 1 saturated heterocycles. The number of hydrogen-bond acceptors (Lipinski definition) is 4. The lowest BCUT2D eigenvalue weighted by Gasteiger charge is -2.18. The molecule has 0 aromatic heterocycles. The second-order valence-electron chi connectivity index (χ2n) is 5.26. The standard InChI is InChI=1S/C12H15BrO4/c1-11(2)16-7-5-4-6-8(9(7)17-11)12(6,13)10(14)15-3/h4-9H,1-3H3/t6-,7-,8-,9-,12+/m0/s1. The van der Waals surface area contributed by atoms with Gasteiger partial charge in [-0.05, 0) is 13.8 Å². The number of carbonyl (C=O) groups excluding carboxylic acids is 1. The van der Waals surface area contributed by atoms with Gasteiger partial charge in [-0.15, -0.1) is 0 Å². The minimum Gasteiger partial charge on any atom is -0.468 e. The Morgan fingerprint density at radius 2 is 2.06 bits per heavy atom. The first kappa shape index (κ1) is 11.7. The van der Waals surface area contributed by atoms with Gasteiger partial charge < -0.3 is 14.2 Å². The molecule has 1 aliphatic heterocycles. The fourth-order valence-corrected chi connectivity index (χ4v) is 4.03. The summed E-state index contributed by atoms with van der Waals surface area (Å²) in [7, 11) is 1.41. The van der Waals surface area contributed by atoms with Gasteiger partial charge in [0.2, 0.25) is 0 Å². The van der Waals surface area contributed by atoms with Crippen LogP contribution in [0, 0.1) is 11.8 Å². The molecule has 0 bridgehead atoms. The lowest BCUT2D eigenvalue weighted by molar-refractivity contribution is -0.148. The van der Waals surface area contributed by atoms with E-state index in [-0.39, 0.29) is 30.0 Å². The number of hydrogen-bond donors (Lipinski definition) is 0. The maximum absolute atomic E-state index is 11.8. The van der Waals surface area contributed by atoms with Gasteiger partial charge in [0, 0.05) is 11.8 Å². The van der Waals surface area contributed by atoms with E-state index in [9.17, 15) is 4.79 Å². The van der Waals surface area contributed by atoms with Gasteiger partial charge in [-0.1, -0.05) is 28.1 Å². The molecular formula is C12H15BrO4. The van der Waals surface area contributed by atoms with Crippen LogP contribution in [0.5, 0.6) is 0 Å². The summed E-state index contributed by atoms with van der Waals surface area (Å²) in [5.74, 6) is -0.562. The van der Waals surface area contributed by atoms with Crippen LogP contribution < -0.4 is 0 Å². The Kier molecular flexibility index (Phi) is 2.29. The largest absolute Gasteiger partial charge is 0.468 e. The van der Waals surface area contributed by atoms with Crippen molar-refractivity contribution in [2.45, 2.75) is 36.2 Å². The van der Waals surface area contributed by atoms with Crippen LogP contribution in [0.4, 0.5) is 0 Å². The highest BCUT2D eigenvalue weighted by molar-refractivity contribution is 9.10. The van der Waals surface area contributed by atoms with Gasteiger partial charge in [-0.25, -0.2) is 0 Å². The van der Waals surface area contributed by atoms with Crippen molar-refractivity contribution < 1.29 is 19.0 Å². The van der Waals surface area contributed by atoms with Crippen molar-refractivity contribution in [3.8, 4) is 0 Å². The van der Waals surface area contributed by atoms with Crippen LogP contribution in [0.2, 0.25) is 0 Å². The second kappa shape index (κ2) is 3.33. The molecule has 5 atom stereocenters. The molecule has 0 amide bonds. The predicted octanol–water partition coefficient (Wildman–Crippen LogP) is 1.63. The third-order valence-electron chi connectivity index (χ3n) is 3.77. The van der Waals surface area contributed by atoms with Crippen molar-refractivity contribution in [3.63, 3.8) is 0 Å². The zero-order valence-corrected chi connectivity index (χ0v) is 11.6. The molecule has 0 spiro atoms. The minimum absolute atomic E-state index is 0.0599. The fraction of sp³-hybridized carbons (Fsp3) is 0.750. The highest BCUT2D eigenvalue weighted by atomic mass is 79.9. The summed E-state index contributed by atoms with van der Waals surface area (Å²) in [5, 5.41) is 0. The van der Waals surface area contributed by atoms with Crippen molar-refractivity contribution in [1.82, 2.24) is 0 Å². The first-order chi connectivity index (χ1) is 7.90. The number of esters is 1. The van der Waals surface area contributed by atoms with Crippen molar-refractivity contribution in [1.29, 1.82) is 0 Å². The zero-order chi connectivity index (χ0) is 12.4. The molecule has 1 saturated carbocycles. The van der Waals surface area contributed by atoms with Gasteiger partial charge in [-0.2, -0.15) is 0 Å². The Hall–Kier alpha value is -0.390. The van der Waals surface area contributed by atoms with Gasteiger partial charge >= 0.3 is 5.97 Å². The summed E-state index contributed by atoms with van der Waals surface area (Å²) in [6, 6.07) is 0. The molecule has 94 valence electrons. The number of fused-ring (bicyclic) bond motifs is 3. The summed E-state index contributed by atoms with van der Waals surface area (Å²) in [4.78, 5) is 11.8. The molecule has 17 heavy (non-hydrogen) atoms. The monoisotopic (exact) mass is 302 g/mol. The van der Waals surface area contributed by atoms with Crippen LogP contribution in [0.15, 0.2) is 12.2 Å². The van der Waals surface area contributed by atoms with Crippen molar-refractivity contribution >= 4 is 21.9 Å². The highest BCUT2D eigenvalue weighted by Gasteiger charge is 2.74. The van der Waals surface area contributed by atoms with Crippen LogP contribution in [-0.4, -0.2) is 35.4 Å². The molecule has 5 heteroatoms. The molecular weight excluding hydrogens is 288 g/mol. The third-order valence-corrected chi connectivity index (χ3v) is 5.15. The average molecular weight is 303 g/mol. The number of methoxy groups -OCH3 is 1. The summed E-state index contributed by atoms with van der Waals surface area (Å²) >= 11 is 3.52. The molecule has 0 aromatic rings. The van der Waals surface area contributed by atoms with Crippen molar-refractivity contribution in [3.05, 3.63) is 12.2 Å². The Morgan fingerprint density at radius 1 is 1.35 bits per heavy atom. The van der Waals surface area contributed by atoms with Gasteiger partial charge in [0.05, 0.1) is 13.2 Å². The number of ether oxygens (including phenoxy) is 3. The van der Waals surface area contributed by atoms with Crippen LogP contribution in [0.1, 0.15) is 13.8 Å². The zero-order valence-electron chi connectivity index (χ0n) is 9.98. The number of rotatable bonds is 1. The normalized spacial score (nSPS) is 49.4. The summed E-state index contributed by atoms with van der Waals surface area (Å²) in [5.41, 5.74) is 0. The first-order valence-electron chi connectivity index (χ1n) is 5.71. The number of carbonyl (C=O) groups is 1. The third kappa shape index (κ3) is 1.45. The highest BCUT2D eigenvalue weighted by Crippen LogP contribution is 2.64. The van der Waals surface area contributed by atoms with Crippen LogP contribution in [-0.2, 0) is 19.0 Å². The number of alkyl halides is 1. The Bertz CT molecular complexity index is 405. The first-order valence-corrected chi connectivity index (χ1v) is 6.51. The lowest BCUT2D eigenvalue weighted by atomic mass is 10.0. The molecule has 2 aliphatic carbocycles. The molecule has 0 unspecified atom stereocenters. The molecule has 0 aromatic carbocycles. The van der Waals surface area contributed by atoms with Gasteiger partial charge in [-0.3, -0.25) is 4.79 Å². The SMILES string of the molecule is COC(=O)[C@]1(Br)[C@@H]2[C@H]3OC(C)(C)O[C@H]3C=C[C@@H]21. The van der Waals surface area contributed by atoms with E-state index in [1.54, 1.807) is 0 Å². The summed E-state index contributed by atoms with van der Waals surface area (Å²) in [6.07, 6.45) is 3.89. The van der Waals surface area contributed by atoms with Gasteiger partial charge in [0.15, 0.2) is 5.79 Å². The smallest absolute Gasteiger partial charge is 0.323 e. The fourth-order valence-electron chi connectivity index (χ4n) is 3.01. The maximum Gasteiger partial charge on any atom is 0.323 e. The minimum atomic E-state index is -0.624. The predicted molar refractivity (Wildman–Crippen MR) is 63.6 cm³/mol. The summed E-state index contributed by atoms with van der Waals surface area (Å²) < 4.78 is 15.9. The van der Waals surface area contributed by atoms with E-state index < -0.39 is 10.1 Å². The molecule has 3 rings (SSSR count). The van der Waals surface area contributed by atoms with Crippen LogP contribution in [0.3, 0.4) is 0 Å². The van der Waals surface area contributed by atoms with E-state index in [2.05, 4.69) is 15.9 Å². The topological polar surface area (TPSA) is 44.8 Å². The van der Waals surface area contributed by atoms with Crippen LogP contribution in [0.25, 0.3) is 0 Å². The van der Waals surface area contributed by atoms with E-state index in [4.69, 9.17) is 14.2 Å². The van der Waals surface area contributed by atoms with Crippen molar-refractivity contribution in [2.75, 3.05) is 7.11 Å². The van der Waals surface area contributed by atoms with Gasteiger partial charge in [0.1, 0.15) is 10.4 Å². The quantitative estimate of drug-likeness (QED) is 0.419. The van der Waals surface area contributed by atoms with E-state index in [0.29, 0.717) is 0 Å². The molecule has 4 nitrogen and oxygen atoms in total. The molecule has 2 fully saturated rings. The maximum atomic E-state index is 11.8. The molecule has 0 radical (unpaired) electrons. The average Bonchev–Trinajstić information content (AvgIpc) is 2.74. The lowest BCUT2D eigenvalue weighted by Crippen LogP contribution is -2.30. The van der Waals surface area contributed by atoms with E-state index in [1.807, 2.05) is 26.0 Å². The number of halogens is 1. The molecule has 0 N–H and O–H groups in total.